The summed E-state index contributed by atoms with van der Waals surface area (Å²) in [5.41, 5.74) is 1.48. The fourth-order valence-corrected chi connectivity index (χ4v) is 2.13. The van der Waals surface area contributed by atoms with Crippen LogP contribution in [0.5, 0.6) is 0 Å². The molecule has 0 spiro atoms. The molecule has 0 saturated carbocycles. The molecule has 0 bridgehead atoms. The molecule has 1 aromatic heterocycles. The van der Waals surface area contributed by atoms with Gasteiger partial charge in [0.1, 0.15) is 11.9 Å². The number of hydrogen-bond donors (Lipinski definition) is 2. The second-order valence-corrected chi connectivity index (χ2v) is 5.51. The Kier molecular flexibility index (Phi) is 4.95. The van der Waals surface area contributed by atoms with Crippen molar-refractivity contribution in [2.24, 2.45) is 5.92 Å². The molecule has 0 aliphatic carbocycles. The number of benzene rings is 1. The summed E-state index contributed by atoms with van der Waals surface area (Å²) in [7, 11) is 0. The van der Waals surface area contributed by atoms with Crippen molar-refractivity contribution in [3.63, 3.8) is 0 Å². The number of H-pyrrole nitrogens is 1. The van der Waals surface area contributed by atoms with Gasteiger partial charge in [-0.2, -0.15) is 5.26 Å². The molecule has 2 aromatic rings. The molecule has 1 unspecified atom stereocenters. The number of rotatable bonds is 5. The van der Waals surface area contributed by atoms with E-state index in [1.807, 2.05) is 37.3 Å². The summed E-state index contributed by atoms with van der Waals surface area (Å²) in [5, 5.41) is 12.3. The molecule has 0 radical (unpaired) electrons. The van der Waals surface area contributed by atoms with E-state index >= 15 is 0 Å². The van der Waals surface area contributed by atoms with Gasteiger partial charge in [-0.3, -0.25) is 4.79 Å². The summed E-state index contributed by atoms with van der Waals surface area (Å²) in [6, 6.07) is 9.62. The van der Waals surface area contributed by atoms with Crippen molar-refractivity contribution in [2.45, 2.75) is 33.6 Å². The first kappa shape index (κ1) is 15.8. The zero-order valence-electron chi connectivity index (χ0n) is 13.1. The molecule has 114 valence electrons. The van der Waals surface area contributed by atoms with Crippen molar-refractivity contribution in [3.8, 4) is 6.07 Å². The first-order chi connectivity index (χ1) is 10.5. The number of nitrogens with one attached hydrogen (secondary N) is 2. The average Bonchev–Trinajstić information content (AvgIpc) is 2.49. The Morgan fingerprint density at radius 2 is 2.14 bits per heavy atom. The molecule has 0 aliphatic rings. The quantitative estimate of drug-likeness (QED) is 0.887. The maximum Gasteiger partial charge on any atom is 0.271 e. The van der Waals surface area contributed by atoms with Crippen LogP contribution in [-0.2, 0) is 6.42 Å². The van der Waals surface area contributed by atoms with Crippen LogP contribution in [-0.4, -0.2) is 9.97 Å². The molecule has 2 N–H and O–H groups in total. The van der Waals surface area contributed by atoms with Gasteiger partial charge in [-0.15, -0.1) is 0 Å². The van der Waals surface area contributed by atoms with Crippen LogP contribution in [0, 0.1) is 24.2 Å². The van der Waals surface area contributed by atoms with Gasteiger partial charge in [0.25, 0.3) is 5.56 Å². The number of anilines is 2. The zero-order chi connectivity index (χ0) is 16.1. The van der Waals surface area contributed by atoms with Crippen LogP contribution in [0.2, 0.25) is 0 Å². The van der Waals surface area contributed by atoms with E-state index in [2.05, 4.69) is 29.1 Å². The summed E-state index contributed by atoms with van der Waals surface area (Å²) >= 11 is 0. The Morgan fingerprint density at radius 1 is 1.41 bits per heavy atom. The predicted molar refractivity (Wildman–Crippen MR) is 87.2 cm³/mol. The molecule has 2 rings (SSSR count). The molecule has 0 fully saturated rings. The third-order valence-corrected chi connectivity index (χ3v) is 3.72. The van der Waals surface area contributed by atoms with Crippen molar-refractivity contribution in [2.75, 3.05) is 5.32 Å². The van der Waals surface area contributed by atoms with Gasteiger partial charge >= 0.3 is 0 Å². The highest BCUT2D eigenvalue weighted by Crippen LogP contribution is 2.20. The molecule has 5 nitrogen and oxygen atoms in total. The first-order valence-electron chi connectivity index (χ1n) is 7.41. The van der Waals surface area contributed by atoms with Gasteiger partial charge < -0.3 is 10.3 Å². The van der Waals surface area contributed by atoms with E-state index in [0.717, 1.165) is 17.7 Å². The van der Waals surface area contributed by atoms with E-state index in [-0.39, 0.29) is 5.56 Å². The monoisotopic (exact) mass is 296 g/mol. The summed E-state index contributed by atoms with van der Waals surface area (Å²) in [5.74, 6) is 1.34. The minimum absolute atomic E-state index is 0.0103. The molecule has 1 heterocycles. The molecule has 5 heteroatoms. The van der Waals surface area contributed by atoms with Crippen LogP contribution in [0.25, 0.3) is 0 Å². The fraction of sp³-hybridized carbons (Fsp3) is 0.353. The van der Waals surface area contributed by atoms with Crippen molar-refractivity contribution in [1.82, 2.24) is 9.97 Å². The Morgan fingerprint density at radius 3 is 2.77 bits per heavy atom. The molecule has 1 aromatic carbocycles. The van der Waals surface area contributed by atoms with Gasteiger partial charge in [0.2, 0.25) is 0 Å². The normalized spacial score (nSPS) is 11.7. The Labute approximate surface area is 130 Å². The van der Waals surface area contributed by atoms with E-state index in [4.69, 9.17) is 0 Å². The highest BCUT2D eigenvalue weighted by Gasteiger charge is 2.13. The van der Waals surface area contributed by atoms with Gasteiger partial charge in [0.05, 0.1) is 0 Å². The van der Waals surface area contributed by atoms with Gasteiger partial charge in [-0.25, -0.2) is 4.98 Å². The summed E-state index contributed by atoms with van der Waals surface area (Å²) in [4.78, 5) is 19.2. The SMILES string of the molecule is CCC(C)Cc1nc(Nc2ccccc2C)c(C#N)c(=O)[nH]1. The molecule has 1 atom stereocenters. The lowest BCUT2D eigenvalue weighted by Crippen LogP contribution is -2.19. The van der Waals surface area contributed by atoms with Crippen molar-refractivity contribution < 1.29 is 0 Å². The smallest absolute Gasteiger partial charge is 0.271 e. The number of aromatic nitrogens is 2. The Hall–Kier alpha value is -2.61. The van der Waals surface area contributed by atoms with Crippen molar-refractivity contribution >= 4 is 11.5 Å². The number of para-hydroxylation sites is 1. The summed E-state index contributed by atoms with van der Waals surface area (Å²) < 4.78 is 0. The van der Waals surface area contributed by atoms with Gasteiger partial charge in [-0.05, 0) is 24.5 Å². The minimum atomic E-state index is -0.396. The third-order valence-electron chi connectivity index (χ3n) is 3.72. The standard InChI is InChI=1S/C17H20N4O/c1-4-11(2)9-15-20-16(13(10-18)17(22)21-15)19-14-8-6-5-7-12(14)3/h5-8,11H,4,9H2,1-3H3,(H2,19,20,21,22). The van der Waals surface area contributed by atoms with E-state index in [9.17, 15) is 10.1 Å². The fourth-order valence-electron chi connectivity index (χ4n) is 2.13. The zero-order valence-corrected chi connectivity index (χ0v) is 13.1. The number of nitrogens with zero attached hydrogens (tertiary/aromatic N) is 2. The number of nitriles is 1. The number of aryl methyl sites for hydroxylation is 1. The molecule has 0 amide bonds. The Bertz CT molecular complexity index is 758. The highest BCUT2D eigenvalue weighted by atomic mass is 16.1. The first-order valence-corrected chi connectivity index (χ1v) is 7.41. The van der Waals surface area contributed by atoms with Crippen LogP contribution in [0.15, 0.2) is 29.1 Å². The summed E-state index contributed by atoms with van der Waals surface area (Å²) in [6.07, 6.45) is 1.68. The molecule has 0 saturated heterocycles. The van der Waals surface area contributed by atoms with Gasteiger partial charge in [-0.1, -0.05) is 38.5 Å². The van der Waals surface area contributed by atoms with Crippen LogP contribution >= 0.6 is 0 Å². The van der Waals surface area contributed by atoms with Crippen LogP contribution < -0.4 is 10.9 Å². The van der Waals surface area contributed by atoms with Gasteiger partial charge in [0.15, 0.2) is 11.4 Å². The molecular formula is C17H20N4O. The lowest BCUT2D eigenvalue weighted by Gasteiger charge is -2.12. The maximum atomic E-state index is 12.1. The van der Waals surface area contributed by atoms with E-state index in [1.54, 1.807) is 0 Å². The second kappa shape index (κ2) is 6.90. The largest absolute Gasteiger partial charge is 0.339 e. The molecule has 0 aliphatic heterocycles. The van der Waals surface area contributed by atoms with Crippen LogP contribution in [0.4, 0.5) is 11.5 Å². The average molecular weight is 296 g/mol. The molecule has 22 heavy (non-hydrogen) atoms. The highest BCUT2D eigenvalue weighted by molar-refractivity contribution is 5.64. The van der Waals surface area contributed by atoms with E-state index < -0.39 is 5.56 Å². The van der Waals surface area contributed by atoms with E-state index in [1.165, 1.54) is 0 Å². The lowest BCUT2D eigenvalue weighted by molar-refractivity contribution is 0.542. The second-order valence-electron chi connectivity index (χ2n) is 5.51. The van der Waals surface area contributed by atoms with Crippen LogP contribution in [0.3, 0.4) is 0 Å². The van der Waals surface area contributed by atoms with Crippen molar-refractivity contribution in [1.29, 1.82) is 5.26 Å². The minimum Gasteiger partial charge on any atom is -0.339 e. The van der Waals surface area contributed by atoms with Gasteiger partial charge in [0, 0.05) is 12.1 Å². The lowest BCUT2D eigenvalue weighted by atomic mass is 10.1. The topological polar surface area (TPSA) is 81.6 Å². The predicted octanol–water partition coefficient (Wildman–Crippen LogP) is 3.28. The molecular weight excluding hydrogens is 276 g/mol. The number of aromatic amines is 1. The summed E-state index contributed by atoms with van der Waals surface area (Å²) in [6.45, 7) is 6.16. The Balaban J connectivity index is 2.43. The maximum absolute atomic E-state index is 12.1. The third kappa shape index (κ3) is 3.53. The van der Waals surface area contributed by atoms with Crippen molar-refractivity contribution in [3.05, 3.63) is 51.6 Å². The number of hydrogen-bond acceptors (Lipinski definition) is 4. The van der Waals surface area contributed by atoms with E-state index in [0.29, 0.717) is 24.0 Å². The van der Waals surface area contributed by atoms with Crippen LogP contribution in [0.1, 0.15) is 37.2 Å².